The van der Waals surface area contributed by atoms with Gasteiger partial charge in [-0.05, 0) is 37.6 Å². The molecule has 0 amide bonds. The van der Waals surface area contributed by atoms with Gasteiger partial charge in [-0.25, -0.2) is 0 Å². The van der Waals surface area contributed by atoms with Crippen LogP contribution in [0, 0.1) is 13.8 Å². The third kappa shape index (κ3) is 2.74. The van der Waals surface area contributed by atoms with Crippen molar-refractivity contribution in [1.82, 2.24) is 5.32 Å². The number of ether oxygens (including phenoxy) is 1. The quantitative estimate of drug-likeness (QED) is 0.801. The van der Waals surface area contributed by atoms with Gasteiger partial charge in [-0.2, -0.15) is 0 Å². The third-order valence-electron chi connectivity index (χ3n) is 2.85. The van der Waals surface area contributed by atoms with Gasteiger partial charge in [0.25, 0.3) is 0 Å². The lowest BCUT2D eigenvalue weighted by atomic mass is 10.00. The molecule has 0 saturated carbocycles. The van der Waals surface area contributed by atoms with Crippen molar-refractivity contribution in [2.75, 3.05) is 20.3 Å². The minimum Gasteiger partial charge on any atom is -0.496 e. The molecule has 1 rings (SSSR count). The minimum absolute atomic E-state index is 0.0563. The van der Waals surface area contributed by atoms with Crippen molar-refractivity contribution in [3.05, 3.63) is 28.8 Å². The van der Waals surface area contributed by atoms with Crippen LogP contribution >= 0.6 is 0 Å². The van der Waals surface area contributed by atoms with Gasteiger partial charge in [0.15, 0.2) is 0 Å². The molecule has 0 aliphatic rings. The molecule has 1 aromatic rings. The van der Waals surface area contributed by atoms with E-state index in [0.717, 1.165) is 17.9 Å². The summed E-state index contributed by atoms with van der Waals surface area (Å²) < 4.78 is 5.36. The Morgan fingerprint density at radius 1 is 1.31 bits per heavy atom. The van der Waals surface area contributed by atoms with Gasteiger partial charge >= 0.3 is 0 Å². The van der Waals surface area contributed by atoms with Crippen molar-refractivity contribution in [1.29, 1.82) is 0 Å². The number of aliphatic hydroxyl groups excluding tert-OH is 1. The van der Waals surface area contributed by atoms with E-state index >= 15 is 0 Å². The maximum absolute atomic E-state index is 9.37. The number of aliphatic hydroxyl groups is 1. The standard InChI is InChI=1S/C13H21NO2/c1-5-14-12(8-15)11-6-9(2)10(3)7-13(11)16-4/h6-7,12,14-15H,5,8H2,1-4H3. The normalized spacial score (nSPS) is 12.6. The smallest absolute Gasteiger partial charge is 0.124 e. The van der Waals surface area contributed by atoms with E-state index in [4.69, 9.17) is 4.74 Å². The zero-order valence-electron chi connectivity index (χ0n) is 10.5. The number of aryl methyl sites for hydroxylation is 2. The summed E-state index contributed by atoms with van der Waals surface area (Å²) in [7, 11) is 1.66. The molecule has 0 radical (unpaired) electrons. The molecule has 0 bridgehead atoms. The summed E-state index contributed by atoms with van der Waals surface area (Å²) in [5, 5.41) is 12.6. The first-order valence-corrected chi connectivity index (χ1v) is 5.63. The third-order valence-corrected chi connectivity index (χ3v) is 2.85. The number of methoxy groups -OCH3 is 1. The number of hydrogen-bond acceptors (Lipinski definition) is 3. The first kappa shape index (κ1) is 13.0. The molecule has 3 heteroatoms. The van der Waals surface area contributed by atoms with Crippen molar-refractivity contribution in [3.63, 3.8) is 0 Å². The summed E-state index contributed by atoms with van der Waals surface area (Å²) in [6.07, 6.45) is 0. The van der Waals surface area contributed by atoms with Gasteiger partial charge in [-0.1, -0.05) is 13.0 Å². The van der Waals surface area contributed by atoms with Gasteiger partial charge in [0.2, 0.25) is 0 Å². The van der Waals surface area contributed by atoms with E-state index < -0.39 is 0 Å². The Kier molecular flexibility index (Phi) is 4.77. The lowest BCUT2D eigenvalue weighted by Gasteiger charge is -2.20. The van der Waals surface area contributed by atoms with E-state index in [-0.39, 0.29) is 12.6 Å². The van der Waals surface area contributed by atoms with Crippen molar-refractivity contribution in [3.8, 4) is 5.75 Å². The minimum atomic E-state index is -0.0563. The molecule has 16 heavy (non-hydrogen) atoms. The fraction of sp³-hybridized carbons (Fsp3) is 0.538. The second-order valence-corrected chi connectivity index (χ2v) is 3.97. The highest BCUT2D eigenvalue weighted by molar-refractivity contribution is 5.43. The molecular formula is C13H21NO2. The van der Waals surface area contributed by atoms with Crippen LogP contribution in [0.25, 0.3) is 0 Å². The maximum atomic E-state index is 9.37. The topological polar surface area (TPSA) is 41.5 Å². The largest absolute Gasteiger partial charge is 0.496 e. The summed E-state index contributed by atoms with van der Waals surface area (Å²) in [6, 6.07) is 4.04. The van der Waals surface area contributed by atoms with E-state index in [1.807, 2.05) is 13.0 Å². The Bertz CT molecular complexity index is 350. The Balaban J connectivity index is 3.13. The van der Waals surface area contributed by atoms with Gasteiger partial charge < -0.3 is 15.2 Å². The lowest BCUT2D eigenvalue weighted by molar-refractivity contribution is 0.243. The highest BCUT2D eigenvalue weighted by atomic mass is 16.5. The fourth-order valence-electron chi connectivity index (χ4n) is 1.78. The number of rotatable bonds is 5. The second-order valence-electron chi connectivity index (χ2n) is 3.97. The van der Waals surface area contributed by atoms with Crippen molar-refractivity contribution < 1.29 is 9.84 Å². The maximum Gasteiger partial charge on any atom is 0.124 e. The van der Waals surface area contributed by atoms with E-state index in [9.17, 15) is 5.11 Å². The average molecular weight is 223 g/mol. The molecule has 0 fully saturated rings. The van der Waals surface area contributed by atoms with Crippen LogP contribution in [0.1, 0.15) is 29.7 Å². The summed E-state index contributed by atoms with van der Waals surface area (Å²) in [5.41, 5.74) is 3.44. The number of hydrogen-bond donors (Lipinski definition) is 2. The van der Waals surface area contributed by atoms with Gasteiger partial charge in [-0.15, -0.1) is 0 Å². The van der Waals surface area contributed by atoms with E-state index in [1.165, 1.54) is 11.1 Å². The van der Waals surface area contributed by atoms with E-state index in [1.54, 1.807) is 7.11 Å². The van der Waals surface area contributed by atoms with Crippen LogP contribution in [0.4, 0.5) is 0 Å². The molecular weight excluding hydrogens is 202 g/mol. The second kappa shape index (κ2) is 5.87. The molecule has 0 saturated heterocycles. The SMILES string of the molecule is CCNC(CO)c1cc(C)c(C)cc1OC. The van der Waals surface area contributed by atoms with Crippen LogP contribution in [0.3, 0.4) is 0 Å². The molecule has 2 N–H and O–H groups in total. The first-order chi connectivity index (χ1) is 7.63. The van der Waals surface area contributed by atoms with Gasteiger partial charge in [0.1, 0.15) is 5.75 Å². The monoisotopic (exact) mass is 223 g/mol. The molecule has 90 valence electrons. The van der Waals surface area contributed by atoms with Crippen LogP contribution in [0.5, 0.6) is 5.75 Å². The van der Waals surface area contributed by atoms with Crippen LogP contribution in [0.2, 0.25) is 0 Å². The van der Waals surface area contributed by atoms with Crippen LogP contribution < -0.4 is 10.1 Å². The Labute approximate surface area is 97.4 Å². The van der Waals surface area contributed by atoms with Gasteiger partial charge in [-0.3, -0.25) is 0 Å². The zero-order chi connectivity index (χ0) is 12.1. The first-order valence-electron chi connectivity index (χ1n) is 5.63. The van der Waals surface area contributed by atoms with Crippen molar-refractivity contribution >= 4 is 0 Å². The van der Waals surface area contributed by atoms with Crippen LogP contribution in [0.15, 0.2) is 12.1 Å². The van der Waals surface area contributed by atoms with Crippen LogP contribution in [-0.2, 0) is 0 Å². The molecule has 0 aromatic heterocycles. The molecule has 0 aliphatic heterocycles. The summed E-state index contributed by atoms with van der Waals surface area (Å²) in [5.74, 6) is 0.836. The Morgan fingerprint density at radius 3 is 2.44 bits per heavy atom. The fourth-order valence-corrected chi connectivity index (χ4v) is 1.78. The van der Waals surface area contributed by atoms with Gasteiger partial charge in [0, 0.05) is 5.56 Å². The number of benzene rings is 1. The molecule has 1 atom stereocenters. The van der Waals surface area contributed by atoms with E-state index in [0.29, 0.717) is 0 Å². The van der Waals surface area contributed by atoms with Crippen molar-refractivity contribution in [2.45, 2.75) is 26.8 Å². The molecule has 0 spiro atoms. The highest BCUT2D eigenvalue weighted by Gasteiger charge is 2.15. The number of likely N-dealkylation sites (N-methyl/N-ethyl adjacent to an activating group) is 1. The predicted octanol–water partition coefficient (Wildman–Crippen LogP) is 1.95. The molecule has 1 aromatic carbocycles. The molecule has 1 unspecified atom stereocenters. The Morgan fingerprint density at radius 2 is 1.94 bits per heavy atom. The number of nitrogens with one attached hydrogen (secondary N) is 1. The van der Waals surface area contributed by atoms with Crippen molar-refractivity contribution in [2.24, 2.45) is 0 Å². The summed E-state index contributed by atoms with van der Waals surface area (Å²) in [6.45, 7) is 7.05. The lowest BCUT2D eigenvalue weighted by Crippen LogP contribution is -2.24. The zero-order valence-corrected chi connectivity index (χ0v) is 10.5. The predicted molar refractivity (Wildman–Crippen MR) is 66.0 cm³/mol. The van der Waals surface area contributed by atoms with Gasteiger partial charge in [0.05, 0.1) is 19.8 Å². The summed E-state index contributed by atoms with van der Waals surface area (Å²) >= 11 is 0. The van der Waals surface area contributed by atoms with E-state index in [2.05, 4.69) is 25.2 Å². The molecule has 0 aliphatic carbocycles. The van der Waals surface area contributed by atoms with Crippen LogP contribution in [-0.4, -0.2) is 25.4 Å². The molecule has 0 heterocycles. The highest BCUT2D eigenvalue weighted by Crippen LogP contribution is 2.28. The summed E-state index contributed by atoms with van der Waals surface area (Å²) in [4.78, 5) is 0. The molecule has 3 nitrogen and oxygen atoms in total. The average Bonchev–Trinajstić information content (AvgIpc) is 2.29. The Hall–Kier alpha value is -1.06.